The highest BCUT2D eigenvalue weighted by molar-refractivity contribution is 6.10. The molecule has 0 aliphatic carbocycles. The van der Waals surface area contributed by atoms with Crippen molar-refractivity contribution in [3.63, 3.8) is 0 Å². The molecule has 0 atom stereocenters. The molecular formula is C22H23N9O2. The van der Waals surface area contributed by atoms with Crippen LogP contribution < -0.4 is 11.2 Å². The number of likely N-dealkylation sites (tertiary alicyclic amines) is 1. The minimum absolute atomic E-state index is 0.0112. The van der Waals surface area contributed by atoms with E-state index < -0.39 is 5.91 Å². The molecule has 2 aromatic carbocycles. The number of amides is 1. The molecule has 11 heteroatoms. The molecule has 1 aliphatic rings. The lowest BCUT2D eigenvalue weighted by atomic mass is 10.0. The van der Waals surface area contributed by atoms with E-state index in [0.717, 1.165) is 42.3 Å². The highest BCUT2D eigenvalue weighted by Gasteiger charge is 2.27. The molecule has 11 nitrogen and oxygen atoms in total. The average Bonchev–Trinajstić information content (AvgIpc) is 3.58. The summed E-state index contributed by atoms with van der Waals surface area (Å²) >= 11 is 0. The summed E-state index contributed by atoms with van der Waals surface area (Å²) in [5.74, 6) is -0.358. The molecule has 2 aromatic heterocycles. The molecule has 1 amide bonds. The van der Waals surface area contributed by atoms with Crippen LogP contribution in [0.25, 0.3) is 16.6 Å². The molecule has 168 valence electrons. The predicted octanol–water partition coefficient (Wildman–Crippen LogP) is 2.14. The van der Waals surface area contributed by atoms with Gasteiger partial charge in [-0.3, -0.25) is 9.69 Å². The Morgan fingerprint density at radius 2 is 1.94 bits per heavy atom. The Morgan fingerprint density at radius 3 is 2.73 bits per heavy atom. The van der Waals surface area contributed by atoms with Crippen LogP contribution in [-0.4, -0.2) is 54.9 Å². The molecule has 3 N–H and O–H groups in total. The number of aromatic nitrogens is 5. The molecule has 33 heavy (non-hydrogen) atoms. The lowest BCUT2D eigenvalue weighted by Gasteiger charge is -2.13. The second-order valence-electron chi connectivity index (χ2n) is 7.92. The minimum Gasteiger partial charge on any atom is -0.378 e. The number of nitrogens with two attached hydrogens (primary N) is 1. The van der Waals surface area contributed by atoms with Gasteiger partial charge in [0.15, 0.2) is 5.69 Å². The average molecular weight is 445 g/mol. The van der Waals surface area contributed by atoms with Gasteiger partial charge in [0.25, 0.3) is 5.91 Å². The van der Waals surface area contributed by atoms with Crippen molar-refractivity contribution in [3.8, 4) is 5.82 Å². The first-order valence-corrected chi connectivity index (χ1v) is 10.7. The molecule has 5 rings (SSSR count). The Balaban J connectivity index is 1.46. The van der Waals surface area contributed by atoms with Crippen molar-refractivity contribution in [2.75, 3.05) is 18.8 Å². The summed E-state index contributed by atoms with van der Waals surface area (Å²) in [5, 5.41) is 22.2. The SMILES string of the molecule is C/C(=N\NC(=O)c1c(CN2CCCC2)nnn1-c1nonc1N)c1cccc2ccccc12. The van der Waals surface area contributed by atoms with Gasteiger partial charge in [0.2, 0.25) is 11.6 Å². The molecular weight excluding hydrogens is 422 g/mol. The van der Waals surface area contributed by atoms with Gasteiger partial charge >= 0.3 is 0 Å². The van der Waals surface area contributed by atoms with Crippen LogP contribution in [0.15, 0.2) is 52.2 Å². The maximum Gasteiger partial charge on any atom is 0.292 e. The largest absolute Gasteiger partial charge is 0.378 e. The second-order valence-corrected chi connectivity index (χ2v) is 7.92. The quantitative estimate of drug-likeness (QED) is 0.340. The first-order valence-electron chi connectivity index (χ1n) is 10.7. The van der Waals surface area contributed by atoms with Crippen LogP contribution in [0.2, 0.25) is 0 Å². The third-order valence-corrected chi connectivity index (χ3v) is 5.73. The first-order chi connectivity index (χ1) is 16.1. The van der Waals surface area contributed by atoms with Crippen molar-refractivity contribution in [2.24, 2.45) is 5.10 Å². The van der Waals surface area contributed by atoms with Crippen molar-refractivity contribution in [3.05, 3.63) is 59.4 Å². The molecule has 3 heterocycles. The zero-order valence-corrected chi connectivity index (χ0v) is 18.1. The van der Waals surface area contributed by atoms with Gasteiger partial charge in [0, 0.05) is 12.1 Å². The third-order valence-electron chi connectivity index (χ3n) is 5.73. The number of carbonyl (C=O) groups excluding carboxylic acids is 1. The molecule has 4 aromatic rings. The summed E-state index contributed by atoms with van der Waals surface area (Å²) < 4.78 is 5.94. The van der Waals surface area contributed by atoms with Gasteiger partial charge in [0.05, 0.1) is 5.71 Å². The van der Waals surface area contributed by atoms with Crippen LogP contribution in [-0.2, 0) is 6.54 Å². The third kappa shape index (κ3) is 4.05. The number of nitrogen functional groups attached to an aromatic ring is 1. The summed E-state index contributed by atoms with van der Waals surface area (Å²) in [5.41, 5.74) is 10.8. The van der Waals surface area contributed by atoms with E-state index in [0.29, 0.717) is 18.0 Å². The maximum absolute atomic E-state index is 13.3. The normalized spacial score (nSPS) is 14.8. The summed E-state index contributed by atoms with van der Waals surface area (Å²) in [6, 6.07) is 14.0. The number of hydrogen-bond acceptors (Lipinski definition) is 9. The molecule has 0 bridgehead atoms. The standard InChI is InChI=1S/C22H23N9O2/c1-14(16-10-6-8-15-7-2-3-9-17(15)16)24-26-22(32)19-18(13-30-11-4-5-12-30)25-29-31(19)21-20(23)27-33-28-21/h2-3,6-10H,4-5,11-13H2,1H3,(H2,23,27)(H,26,32)/b24-14+. The van der Waals surface area contributed by atoms with Gasteiger partial charge in [-0.05, 0) is 53.9 Å². The van der Waals surface area contributed by atoms with E-state index in [2.05, 4.69) is 36.1 Å². The Hall–Kier alpha value is -4.12. The fourth-order valence-corrected chi connectivity index (χ4v) is 4.07. The maximum atomic E-state index is 13.3. The molecule has 0 saturated carbocycles. The number of anilines is 1. The van der Waals surface area contributed by atoms with E-state index in [-0.39, 0.29) is 17.3 Å². The van der Waals surface area contributed by atoms with E-state index in [1.54, 1.807) is 0 Å². The monoisotopic (exact) mass is 445 g/mol. The summed E-state index contributed by atoms with van der Waals surface area (Å²) in [6.07, 6.45) is 2.23. The lowest BCUT2D eigenvalue weighted by molar-refractivity contribution is 0.0945. The van der Waals surface area contributed by atoms with Crippen LogP contribution in [0, 0.1) is 0 Å². The molecule has 0 spiro atoms. The number of hydrogen-bond donors (Lipinski definition) is 2. The Morgan fingerprint density at radius 1 is 1.15 bits per heavy atom. The van der Waals surface area contributed by atoms with Crippen LogP contribution in [0.3, 0.4) is 0 Å². The number of nitrogens with zero attached hydrogens (tertiary/aromatic N) is 7. The van der Waals surface area contributed by atoms with Crippen LogP contribution in [0.4, 0.5) is 5.82 Å². The van der Waals surface area contributed by atoms with E-state index in [1.807, 2.05) is 49.4 Å². The highest BCUT2D eigenvalue weighted by atomic mass is 16.6. The van der Waals surface area contributed by atoms with Crippen LogP contribution in [0.5, 0.6) is 0 Å². The van der Waals surface area contributed by atoms with Gasteiger partial charge < -0.3 is 5.73 Å². The van der Waals surface area contributed by atoms with Gasteiger partial charge in [0.1, 0.15) is 5.69 Å². The number of fused-ring (bicyclic) bond motifs is 1. The van der Waals surface area contributed by atoms with Crippen molar-refractivity contribution in [1.29, 1.82) is 0 Å². The Kier molecular flexibility index (Phi) is 5.53. The van der Waals surface area contributed by atoms with Gasteiger partial charge in [-0.1, -0.05) is 47.7 Å². The van der Waals surface area contributed by atoms with Crippen LogP contribution >= 0.6 is 0 Å². The fraction of sp³-hybridized carbons (Fsp3) is 0.273. The van der Waals surface area contributed by atoms with Gasteiger partial charge in [-0.25, -0.2) is 10.1 Å². The van der Waals surface area contributed by atoms with Gasteiger partial charge in [-0.15, -0.1) is 5.10 Å². The zero-order valence-electron chi connectivity index (χ0n) is 18.1. The summed E-state index contributed by atoms with van der Waals surface area (Å²) in [4.78, 5) is 15.5. The van der Waals surface area contributed by atoms with Crippen molar-refractivity contribution < 1.29 is 9.42 Å². The topological polar surface area (TPSA) is 140 Å². The number of benzene rings is 2. The number of hydrazone groups is 1. The molecule has 0 radical (unpaired) electrons. The summed E-state index contributed by atoms with van der Waals surface area (Å²) in [7, 11) is 0. The summed E-state index contributed by atoms with van der Waals surface area (Å²) in [6.45, 7) is 4.22. The zero-order chi connectivity index (χ0) is 22.8. The molecule has 1 fully saturated rings. The van der Waals surface area contributed by atoms with E-state index >= 15 is 0 Å². The van der Waals surface area contributed by atoms with E-state index in [4.69, 9.17) is 10.4 Å². The van der Waals surface area contributed by atoms with Crippen LogP contribution in [0.1, 0.15) is 41.5 Å². The Bertz CT molecular complexity index is 1330. The minimum atomic E-state index is -0.476. The van der Waals surface area contributed by atoms with Gasteiger partial charge in [-0.2, -0.15) is 9.78 Å². The predicted molar refractivity (Wildman–Crippen MR) is 122 cm³/mol. The molecule has 1 aliphatic heterocycles. The highest BCUT2D eigenvalue weighted by Crippen LogP contribution is 2.20. The van der Waals surface area contributed by atoms with E-state index in [9.17, 15) is 4.79 Å². The fourth-order valence-electron chi connectivity index (χ4n) is 4.07. The number of rotatable bonds is 6. The number of nitrogens with one attached hydrogen (secondary N) is 1. The van der Waals surface area contributed by atoms with Crippen molar-refractivity contribution >= 4 is 28.2 Å². The first kappa shape index (κ1) is 20.8. The van der Waals surface area contributed by atoms with Crippen molar-refractivity contribution in [2.45, 2.75) is 26.3 Å². The second kappa shape index (κ2) is 8.79. The molecule has 1 saturated heterocycles. The molecule has 0 unspecified atom stereocenters. The smallest absolute Gasteiger partial charge is 0.292 e. The van der Waals surface area contributed by atoms with E-state index in [1.165, 1.54) is 4.68 Å². The Labute approximate surface area is 189 Å². The lowest BCUT2D eigenvalue weighted by Crippen LogP contribution is -2.26. The number of carbonyl (C=O) groups is 1. The van der Waals surface area contributed by atoms with Crippen molar-refractivity contribution in [1.82, 2.24) is 35.6 Å².